The summed E-state index contributed by atoms with van der Waals surface area (Å²) in [7, 11) is 0. The van der Waals surface area contributed by atoms with Gasteiger partial charge in [0.15, 0.2) is 0 Å². The molecule has 0 atom stereocenters. The number of aromatic amines is 1. The number of esters is 1. The van der Waals surface area contributed by atoms with Crippen LogP contribution < -0.4 is 10.9 Å². The molecule has 0 saturated carbocycles. The van der Waals surface area contributed by atoms with Crippen molar-refractivity contribution in [1.82, 2.24) is 9.97 Å². The second-order valence-electron chi connectivity index (χ2n) is 6.08. The highest BCUT2D eigenvalue weighted by Gasteiger charge is 2.14. The van der Waals surface area contributed by atoms with Crippen molar-refractivity contribution in [2.45, 2.75) is 13.2 Å². The highest BCUT2D eigenvalue weighted by molar-refractivity contribution is 5.95. The van der Waals surface area contributed by atoms with Gasteiger partial charge in [0, 0.05) is 5.69 Å². The molecule has 7 heteroatoms. The minimum atomic E-state index is -0.515. The molecule has 7 nitrogen and oxygen atoms in total. The molecule has 2 aromatic carbocycles. The second-order valence-corrected chi connectivity index (χ2v) is 6.08. The van der Waals surface area contributed by atoms with Crippen LogP contribution in [0.4, 0.5) is 5.69 Å². The predicted octanol–water partition coefficient (Wildman–Crippen LogP) is 3.49. The molecule has 0 saturated heterocycles. The first-order valence-electron chi connectivity index (χ1n) is 8.71. The van der Waals surface area contributed by atoms with Gasteiger partial charge in [0.1, 0.15) is 18.2 Å². The van der Waals surface area contributed by atoms with Crippen molar-refractivity contribution in [2.75, 3.05) is 5.32 Å². The monoisotopic (exact) mass is 375 g/mol. The summed E-state index contributed by atoms with van der Waals surface area (Å²) in [6.07, 6.45) is 1.59. The molecule has 2 N–H and O–H groups in total. The fourth-order valence-electron chi connectivity index (χ4n) is 2.83. The van der Waals surface area contributed by atoms with E-state index in [4.69, 9.17) is 9.15 Å². The number of rotatable bonds is 6. The van der Waals surface area contributed by atoms with E-state index in [-0.39, 0.29) is 18.0 Å². The lowest BCUT2D eigenvalue weighted by molar-refractivity contribution is 0.0463. The first-order chi connectivity index (χ1) is 13.7. The zero-order valence-corrected chi connectivity index (χ0v) is 14.8. The maximum Gasteiger partial charge on any atom is 0.340 e. The van der Waals surface area contributed by atoms with Crippen molar-refractivity contribution in [3.8, 4) is 0 Å². The zero-order chi connectivity index (χ0) is 19.3. The number of aromatic nitrogens is 2. The van der Waals surface area contributed by atoms with Gasteiger partial charge in [-0.15, -0.1) is 0 Å². The summed E-state index contributed by atoms with van der Waals surface area (Å²) in [6.45, 7) is 0.308. The van der Waals surface area contributed by atoms with Crippen LogP contribution in [0, 0.1) is 0 Å². The van der Waals surface area contributed by atoms with E-state index < -0.39 is 5.97 Å². The Labute approximate surface area is 160 Å². The van der Waals surface area contributed by atoms with Gasteiger partial charge in [-0.2, -0.15) is 0 Å². The number of nitrogens with one attached hydrogen (secondary N) is 2. The molecular weight excluding hydrogens is 358 g/mol. The molecule has 0 aliphatic rings. The Balaban J connectivity index is 1.47. The Bertz CT molecular complexity index is 1170. The minimum absolute atomic E-state index is 0.134. The largest absolute Gasteiger partial charge is 0.467 e. The van der Waals surface area contributed by atoms with E-state index in [1.54, 1.807) is 54.8 Å². The van der Waals surface area contributed by atoms with Gasteiger partial charge in [-0.3, -0.25) is 4.79 Å². The van der Waals surface area contributed by atoms with E-state index in [0.29, 0.717) is 28.7 Å². The molecule has 4 rings (SSSR count). The number of ether oxygens (including phenoxy) is 1. The summed E-state index contributed by atoms with van der Waals surface area (Å²) in [4.78, 5) is 31.6. The van der Waals surface area contributed by atoms with Crippen LogP contribution in [0.25, 0.3) is 10.9 Å². The van der Waals surface area contributed by atoms with Crippen molar-refractivity contribution in [1.29, 1.82) is 0 Å². The average Bonchev–Trinajstić information content (AvgIpc) is 3.24. The summed E-state index contributed by atoms with van der Waals surface area (Å²) in [5.74, 6) is 0.525. The van der Waals surface area contributed by atoms with Crippen LogP contribution >= 0.6 is 0 Å². The minimum Gasteiger partial charge on any atom is -0.467 e. The summed E-state index contributed by atoms with van der Waals surface area (Å²) in [5, 5.41) is 3.65. The Morgan fingerprint density at radius 2 is 1.89 bits per heavy atom. The van der Waals surface area contributed by atoms with Crippen molar-refractivity contribution >= 4 is 22.6 Å². The van der Waals surface area contributed by atoms with Crippen LogP contribution in [0.1, 0.15) is 21.9 Å². The Hall–Kier alpha value is -3.87. The number of furan rings is 1. The number of hydrogen-bond donors (Lipinski definition) is 2. The standard InChI is InChI=1S/C21H17N3O4/c25-20-15-7-1-4-10-18(15)23-19(24-20)13-28-21(26)16-8-2-3-9-17(16)22-12-14-6-5-11-27-14/h1-11,22H,12-13H2,(H,23,24,25). The third-order valence-electron chi connectivity index (χ3n) is 4.18. The van der Waals surface area contributed by atoms with Crippen LogP contribution in [0.15, 0.2) is 76.1 Å². The lowest BCUT2D eigenvalue weighted by Gasteiger charge is -2.11. The van der Waals surface area contributed by atoms with Crippen molar-refractivity contribution in [2.24, 2.45) is 0 Å². The Morgan fingerprint density at radius 3 is 2.75 bits per heavy atom. The van der Waals surface area contributed by atoms with Crippen molar-refractivity contribution < 1.29 is 13.9 Å². The van der Waals surface area contributed by atoms with Crippen LogP contribution in [0.5, 0.6) is 0 Å². The number of carbonyl (C=O) groups excluding carboxylic acids is 1. The molecular formula is C21H17N3O4. The van der Waals surface area contributed by atoms with Gasteiger partial charge in [0.25, 0.3) is 5.56 Å². The molecule has 0 fully saturated rings. The van der Waals surface area contributed by atoms with Gasteiger partial charge < -0.3 is 19.5 Å². The van der Waals surface area contributed by atoms with Crippen LogP contribution in [-0.4, -0.2) is 15.9 Å². The van der Waals surface area contributed by atoms with Gasteiger partial charge in [-0.1, -0.05) is 24.3 Å². The fraction of sp³-hybridized carbons (Fsp3) is 0.0952. The first-order valence-corrected chi connectivity index (χ1v) is 8.71. The highest BCUT2D eigenvalue weighted by Crippen LogP contribution is 2.18. The van der Waals surface area contributed by atoms with Crippen molar-refractivity contribution in [3.63, 3.8) is 0 Å². The Kier molecular flexibility index (Phi) is 4.88. The number of carbonyl (C=O) groups is 1. The number of hydrogen-bond acceptors (Lipinski definition) is 6. The number of anilines is 1. The lowest BCUT2D eigenvalue weighted by atomic mass is 10.2. The van der Waals surface area contributed by atoms with E-state index in [1.165, 1.54) is 0 Å². The molecule has 0 bridgehead atoms. The molecule has 2 aromatic heterocycles. The second kappa shape index (κ2) is 7.79. The van der Waals surface area contributed by atoms with Crippen LogP contribution in [0.3, 0.4) is 0 Å². The highest BCUT2D eigenvalue weighted by atomic mass is 16.5. The third-order valence-corrected chi connectivity index (χ3v) is 4.18. The lowest BCUT2D eigenvalue weighted by Crippen LogP contribution is -2.15. The topological polar surface area (TPSA) is 97.2 Å². The van der Waals surface area contributed by atoms with Gasteiger partial charge in [-0.25, -0.2) is 9.78 Å². The number of para-hydroxylation sites is 2. The van der Waals surface area contributed by atoms with Gasteiger partial charge in [0.05, 0.1) is 29.3 Å². The molecule has 140 valence electrons. The SMILES string of the molecule is O=C(OCc1nc2ccccc2c(=O)[nH]1)c1ccccc1NCc1ccco1. The number of nitrogens with zero attached hydrogens (tertiary/aromatic N) is 1. The average molecular weight is 375 g/mol. The molecule has 2 heterocycles. The van der Waals surface area contributed by atoms with E-state index in [0.717, 1.165) is 5.76 Å². The molecule has 4 aromatic rings. The molecule has 0 radical (unpaired) electrons. The summed E-state index contributed by atoms with van der Waals surface area (Å²) < 4.78 is 10.6. The summed E-state index contributed by atoms with van der Waals surface area (Å²) in [5.41, 5.74) is 1.30. The van der Waals surface area contributed by atoms with Crippen LogP contribution in [0.2, 0.25) is 0 Å². The third kappa shape index (κ3) is 3.78. The summed E-state index contributed by atoms with van der Waals surface area (Å²) >= 11 is 0. The number of benzene rings is 2. The smallest absolute Gasteiger partial charge is 0.340 e. The van der Waals surface area contributed by atoms with Gasteiger partial charge in [-0.05, 0) is 36.4 Å². The van der Waals surface area contributed by atoms with E-state index >= 15 is 0 Å². The molecule has 0 aliphatic heterocycles. The van der Waals surface area contributed by atoms with Gasteiger partial charge >= 0.3 is 5.97 Å². The Morgan fingerprint density at radius 1 is 1.07 bits per heavy atom. The predicted molar refractivity (Wildman–Crippen MR) is 104 cm³/mol. The molecule has 28 heavy (non-hydrogen) atoms. The summed E-state index contributed by atoms with van der Waals surface area (Å²) in [6, 6.07) is 17.7. The van der Waals surface area contributed by atoms with Gasteiger partial charge in [0.2, 0.25) is 0 Å². The number of fused-ring (bicyclic) bond motifs is 1. The molecule has 0 amide bonds. The molecule has 0 aliphatic carbocycles. The molecule has 0 unspecified atom stereocenters. The number of H-pyrrole nitrogens is 1. The first kappa shape index (κ1) is 17.5. The quantitative estimate of drug-likeness (QED) is 0.501. The maximum atomic E-state index is 12.5. The van der Waals surface area contributed by atoms with Crippen molar-refractivity contribution in [3.05, 3.63) is 94.4 Å². The van der Waals surface area contributed by atoms with Crippen LogP contribution in [-0.2, 0) is 17.9 Å². The van der Waals surface area contributed by atoms with E-state index in [1.807, 2.05) is 12.1 Å². The van der Waals surface area contributed by atoms with E-state index in [2.05, 4.69) is 15.3 Å². The maximum absolute atomic E-state index is 12.5. The normalized spacial score (nSPS) is 10.7. The zero-order valence-electron chi connectivity index (χ0n) is 14.8. The molecule has 0 spiro atoms. The van der Waals surface area contributed by atoms with E-state index in [9.17, 15) is 9.59 Å². The fourth-order valence-corrected chi connectivity index (χ4v) is 2.83.